The van der Waals surface area contributed by atoms with Gasteiger partial charge >= 0.3 is 6.03 Å². The van der Waals surface area contributed by atoms with Crippen LogP contribution in [-0.4, -0.2) is 28.7 Å². The minimum Gasteiger partial charge on any atom is -0.338 e. The van der Waals surface area contributed by atoms with Gasteiger partial charge in [-0.25, -0.2) is 9.78 Å². The molecule has 0 aliphatic heterocycles. The molecule has 0 saturated carbocycles. The highest BCUT2D eigenvalue weighted by atomic mass is 32.2. The van der Waals surface area contributed by atoms with Crippen molar-refractivity contribution in [3.8, 4) is 0 Å². The number of hydrogen-bond acceptors (Lipinski definition) is 5. The third-order valence-corrected chi connectivity index (χ3v) is 4.73. The van der Waals surface area contributed by atoms with Crippen molar-refractivity contribution in [1.82, 2.24) is 15.6 Å². The van der Waals surface area contributed by atoms with Crippen LogP contribution in [0.15, 0.2) is 28.6 Å². The van der Waals surface area contributed by atoms with Crippen LogP contribution in [0.25, 0.3) is 10.2 Å². The smallest absolute Gasteiger partial charge is 0.321 e. The van der Waals surface area contributed by atoms with Gasteiger partial charge < -0.3 is 5.32 Å². The average Bonchev–Trinajstić information content (AvgIpc) is 2.80. The number of rotatable bonds is 4. The van der Waals surface area contributed by atoms with Crippen molar-refractivity contribution in [2.24, 2.45) is 0 Å². The third kappa shape index (κ3) is 3.71. The van der Waals surface area contributed by atoms with Crippen molar-refractivity contribution in [2.45, 2.75) is 23.4 Å². The van der Waals surface area contributed by atoms with Gasteiger partial charge in [-0.1, -0.05) is 23.9 Å². The zero-order chi connectivity index (χ0) is 14.5. The molecule has 3 amide bonds. The second-order valence-corrected chi connectivity index (χ2v) is 6.67. The van der Waals surface area contributed by atoms with Crippen LogP contribution in [0.2, 0.25) is 0 Å². The normalized spacial score (nSPS) is 12.1. The van der Waals surface area contributed by atoms with Crippen molar-refractivity contribution in [3.63, 3.8) is 0 Å². The maximum absolute atomic E-state index is 11.8. The lowest BCUT2D eigenvalue weighted by atomic mass is 10.3. The van der Waals surface area contributed by atoms with Crippen LogP contribution in [0.4, 0.5) is 4.79 Å². The number of nitrogens with one attached hydrogen (secondary N) is 2. The fourth-order valence-electron chi connectivity index (χ4n) is 1.52. The van der Waals surface area contributed by atoms with E-state index >= 15 is 0 Å². The van der Waals surface area contributed by atoms with Crippen molar-refractivity contribution >= 4 is 45.3 Å². The summed E-state index contributed by atoms with van der Waals surface area (Å²) in [6.07, 6.45) is 0. The number of carbonyl (C=O) groups excluding carboxylic acids is 2. The van der Waals surface area contributed by atoms with Gasteiger partial charge in [0.05, 0.1) is 15.5 Å². The molecule has 2 N–H and O–H groups in total. The van der Waals surface area contributed by atoms with E-state index in [1.165, 1.54) is 11.8 Å². The van der Waals surface area contributed by atoms with Gasteiger partial charge in [0.15, 0.2) is 4.34 Å². The zero-order valence-electron chi connectivity index (χ0n) is 11.2. The van der Waals surface area contributed by atoms with Crippen molar-refractivity contribution in [2.75, 3.05) is 6.54 Å². The van der Waals surface area contributed by atoms with Gasteiger partial charge in [-0.15, -0.1) is 11.3 Å². The van der Waals surface area contributed by atoms with Crippen molar-refractivity contribution in [3.05, 3.63) is 24.3 Å². The van der Waals surface area contributed by atoms with Crippen LogP contribution in [0.5, 0.6) is 0 Å². The number of fused-ring (bicyclic) bond motifs is 1. The molecular weight excluding hydrogens is 294 g/mol. The van der Waals surface area contributed by atoms with E-state index in [-0.39, 0.29) is 11.2 Å². The summed E-state index contributed by atoms with van der Waals surface area (Å²) in [5.41, 5.74) is 0.927. The van der Waals surface area contributed by atoms with Gasteiger partial charge in [0.1, 0.15) is 0 Å². The molecule has 1 atom stereocenters. The highest BCUT2D eigenvalue weighted by Crippen LogP contribution is 2.31. The van der Waals surface area contributed by atoms with Crippen LogP contribution in [0.1, 0.15) is 13.8 Å². The van der Waals surface area contributed by atoms with Crippen molar-refractivity contribution < 1.29 is 9.59 Å². The average molecular weight is 309 g/mol. The summed E-state index contributed by atoms with van der Waals surface area (Å²) in [5, 5.41) is 4.45. The van der Waals surface area contributed by atoms with Crippen LogP contribution in [0.3, 0.4) is 0 Å². The minimum atomic E-state index is -0.464. The first-order valence-electron chi connectivity index (χ1n) is 6.21. The fourth-order valence-corrected chi connectivity index (χ4v) is 3.74. The second kappa shape index (κ2) is 6.71. The molecule has 0 spiro atoms. The van der Waals surface area contributed by atoms with Gasteiger partial charge in [-0.2, -0.15) is 0 Å². The number of thioether (sulfide) groups is 1. The Bertz CT molecular complexity index is 594. The zero-order valence-corrected chi connectivity index (χ0v) is 12.8. The molecular formula is C13H15N3O2S2. The Hall–Kier alpha value is -1.60. The van der Waals surface area contributed by atoms with E-state index in [0.29, 0.717) is 6.54 Å². The highest BCUT2D eigenvalue weighted by molar-refractivity contribution is 8.02. The van der Waals surface area contributed by atoms with Gasteiger partial charge in [-0.3, -0.25) is 10.1 Å². The molecule has 1 unspecified atom stereocenters. The summed E-state index contributed by atoms with van der Waals surface area (Å²) in [4.78, 5) is 27.6. The molecule has 1 heterocycles. The molecule has 0 saturated heterocycles. The van der Waals surface area contributed by atoms with E-state index in [9.17, 15) is 9.59 Å². The molecule has 2 rings (SSSR count). The van der Waals surface area contributed by atoms with E-state index in [1.807, 2.05) is 24.3 Å². The molecule has 0 aliphatic carbocycles. The van der Waals surface area contributed by atoms with E-state index < -0.39 is 6.03 Å². The second-order valence-electron chi connectivity index (χ2n) is 4.06. The molecule has 2 aromatic rings. The predicted molar refractivity (Wildman–Crippen MR) is 82.2 cm³/mol. The molecule has 0 radical (unpaired) electrons. The van der Waals surface area contributed by atoms with E-state index in [2.05, 4.69) is 15.6 Å². The number of benzene rings is 1. The maximum Gasteiger partial charge on any atom is 0.321 e. The first kappa shape index (κ1) is 14.8. The maximum atomic E-state index is 11.8. The topological polar surface area (TPSA) is 71.1 Å². The SMILES string of the molecule is CCNC(=O)NC(=O)C(C)Sc1nc2ccccc2s1. The summed E-state index contributed by atoms with van der Waals surface area (Å²) in [7, 11) is 0. The molecule has 5 nitrogen and oxygen atoms in total. The summed E-state index contributed by atoms with van der Waals surface area (Å²) >= 11 is 2.90. The number of urea groups is 1. The standard InChI is InChI=1S/C13H15N3O2S2/c1-3-14-12(18)16-11(17)8(2)19-13-15-9-6-4-5-7-10(9)20-13/h4-8H,3H2,1-2H3,(H2,14,16,17,18). The molecule has 106 valence electrons. The Morgan fingerprint density at radius 2 is 2.15 bits per heavy atom. The van der Waals surface area contributed by atoms with Crippen LogP contribution in [0, 0.1) is 0 Å². The lowest BCUT2D eigenvalue weighted by Crippen LogP contribution is -2.42. The number of aromatic nitrogens is 1. The monoisotopic (exact) mass is 309 g/mol. The lowest BCUT2D eigenvalue weighted by Gasteiger charge is -2.09. The molecule has 1 aromatic heterocycles. The summed E-state index contributed by atoms with van der Waals surface area (Å²) in [6.45, 7) is 4.03. The van der Waals surface area contributed by atoms with E-state index in [1.54, 1.807) is 25.2 Å². The fraction of sp³-hybridized carbons (Fsp3) is 0.308. The number of amides is 3. The largest absolute Gasteiger partial charge is 0.338 e. The molecule has 1 aromatic carbocycles. The highest BCUT2D eigenvalue weighted by Gasteiger charge is 2.18. The van der Waals surface area contributed by atoms with Crippen molar-refractivity contribution in [1.29, 1.82) is 0 Å². The molecule has 7 heteroatoms. The summed E-state index contributed by atoms with van der Waals surface area (Å²) < 4.78 is 1.91. The van der Waals surface area contributed by atoms with Gasteiger partial charge in [0.25, 0.3) is 0 Å². The number of carbonyl (C=O) groups is 2. The van der Waals surface area contributed by atoms with E-state index in [4.69, 9.17) is 0 Å². The number of thiazole rings is 1. The van der Waals surface area contributed by atoms with Crippen LogP contribution >= 0.6 is 23.1 Å². The first-order chi connectivity index (χ1) is 9.60. The number of para-hydroxylation sites is 1. The Morgan fingerprint density at radius 1 is 1.40 bits per heavy atom. The van der Waals surface area contributed by atoms with Crippen LogP contribution in [-0.2, 0) is 4.79 Å². The molecule has 0 fully saturated rings. The molecule has 20 heavy (non-hydrogen) atoms. The van der Waals surface area contributed by atoms with Crippen LogP contribution < -0.4 is 10.6 Å². The van der Waals surface area contributed by atoms with Gasteiger partial charge in [0, 0.05) is 6.54 Å². The Kier molecular flexibility index (Phi) is 4.97. The summed E-state index contributed by atoms with van der Waals surface area (Å²) in [5.74, 6) is -0.319. The number of imide groups is 1. The predicted octanol–water partition coefficient (Wildman–Crippen LogP) is 2.62. The summed E-state index contributed by atoms with van der Waals surface area (Å²) in [6, 6.07) is 7.36. The molecule has 0 aliphatic rings. The molecule has 0 bridgehead atoms. The first-order valence-corrected chi connectivity index (χ1v) is 7.90. The van der Waals surface area contributed by atoms with Gasteiger partial charge in [-0.05, 0) is 26.0 Å². The lowest BCUT2D eigenvalue weighted by molar-refractivity contribution is -0.119. The quantitative estimate of drug-likeness (QED) is 0.852. The Balaban J connectivity index is 1.98. The van der Waals surface area contributed by atoms with Gasteiger partial charge in [0.2, 0.25) is 5.91 Å². The Labute approximate surface area is 125 Å². The van der Waals surface area contributed by atoms with E-state index in [0.717, 1.165) is 14.6 Å². The number of nitrogens with zero attached hydrogens (tertiary/aromatic N) is 1. The number of hydrogen-bond donors (Lipinski definition) is 2. The third-order valence-electron chi connectivity index (χ3n) is 2.50. The minimum absolute atomic E-state index is 0.319. The Morgan fingerprint density at radius 3 is 2.85 bits per heavy atom.